The Morgan fingerprint density at radius 2 is 2.22 bits per heavy atom. The number of nitrogens with zero attached hydrogens (tertiary/aromatic N) is 3. The summed E-state index contributed by atoms with van der Waals surface area (Å²) in [5.74, 6) is -0.599. The Morgan fingerprint density at radius 3 is 2.94 bits per heavy atom. The van der Waals surface area contributed by atoms with Crippen molar-refractivity contribution < 1.29 is 9.90 Å². The molecule has 0 aliphatic carbocycles. The molecule has 0 atom stereocenters. The van der Waals surface area contributed by atoms with Crippen molar-refractivity contribution in [2.24, 2.45) is 5.10 Å². The van der Waals surface area contributed by atoms with E-state index in [9.17, 15) is 4.79 Å². The maximum absolute atomic E-state index is 10.8. The van der Waals surface area contributed by atoms with Gasteiger partial charge >= 0.3 is 5.97 Å². The van der Waals surface area contributed by atoms with E-state index in [1.165, 1.54) is 0 Å². The second-order valence-electron chi connectivity index (χ2n) is 3.61. The third kappa shape index (κ3) is 2.42. The van der Waals surface area contributed by atoms with Crippen LogP contribution in [-0.2, 0) is 4.79 Å². The van der Waals surface area contributed by atoms with E-state index in [-0.39, 0.29) is 5.71 Å². The summed E-state index contributed by atoms with van der Waals surface area (Å²) in [4.78, 5) is 10.8. The molecule has 2 rings (SSSR count). The number of aromatic nitrogens is 2. The number of carboxylic acid groups (broad SMARTS) is 1. The number of benzene rings is 1. The predicted molar refractivity (Wildman–Crippen MR) is 68.5 cm³/mol. The monoisotopic (exact) mass is 244 g/mol. The minimum Gasteiger partial charge on any atom is -0.477 e. The summed E-state index contributed by atoms with van der Waals surface area (Å²) in [5, 5.41) is 22.2. The first kappa shape index (κ1) is 12.0. The molecule has 0 bridgehead atoms. The van der Waals surface area contributed by atoms with Crippen molar-refractivity contribution in [2.45, 2.75) is 13.3 Å². The average Bonchev–Trinajstić information content (AvgIpc) is 2.39. The van der Waals surface area contributed by atoms with Gasteiger partial charge in [0.1, 0.15) is 5.71 Å². The highest BCUT2D eigenvalue weighted by molar-refractivity contribution is 6.35. The van der Waals surface area contributed by atoms with Gasteiger partial charge in [0.2, 0.25) is 0 Å². The van der Waals surface area contributed by atoms with Crippen LogP contribution >= 0.6 is 0 Å². The molecule has 0 aliphatic rings. The molecule has 0 aliphatic heterocycles. The van der Waals surface area contributed by atoms with E-state index in [1.807, 2.05) is 24.3 Å². The van der Waals surface area contributed by atoms with Gasteiger partial charge in [-0.1, -0.05) is 31.2 Å². The second kappa shape index (κ2) is 5.22. The van der Waals surface area contributed by atoms with Crippen molar-refractivity contribution in [3.05, 3.63) is 30.5 Å². The standard InChI is InChI=1S/C12H12N4O2/c1-2-10(12(17)18)14-16-11-9-6-4-3-5-8(9)7-13-15-11/h3-7H,2H2,1H3,(H,15,16)(H,17,18)/b14-10+. The number of hydrogen-bond acceptors (Lipinski definition) is 5. The molecule has 0 radical (unpaired) electrons. The first-order valence-corrected chi connectivity index (χ1v) is 5.48. The molecule has 2 aromatic rings. The molecule has 0 saturated heterocycles. The largest absolute Gasteiger partial charge is 0.477 e. The number of nitrogens with one attached hydrogen (secondary N) is 1. The van der Waals surface area contributed by atoms with Gasteiger partial charge in [0.05, 0.1) is 6.20 Å². The van der Waals surface area contributed by atoms with Gasteiger partial charge in [0.15, 0.2) is 5.82 Å². The number of anilines is 1. The molecule has 2 N–H and O–H groups in total. The van der Waals surface area contributed by atoms with Gasteiger partial charge in [-0.25, -0.2) is 4.79 Å². The van der Waals surface area contributed by atoms with Crippen LogP contribution in [0.5, 0.6) is 0 Å². The maximum atomic E-state index is 10.8. The molecule has 92 valence electrons. The average molecular weight is 244 g/mol. The Morgan fingerprint density at radius 1 is 1.44 bits per heavy atom. The van der Waals surface area contributed by atoms with E-state index in [0.717, 1.165) is 10.8 Å². The van der Waals surface area contributed by atoms with E-state index in [1.54, 1.807) is 13.1 Å². The molecule has 0 saturated carbocycles. The summed E-state index contributed by atoms with van der Waals surface area (Å²) in [5.41, 5.74) is 2.70. The van der Waals surface area contributed by atoms with Crippen LogP contribution in [0.2, 0.25) is 0 Å². The van der Waals surface area contributed by atoms with E-state index < -0.39 is 5.97 Å². The van der Waals surface area contributed by atoms with Gasteiger partial charge in [0, 0.05) is 10.8 Å². The van der Waals surface area contributed by atoms with Crippen molar-refractivity contribution in [3.8, 4) is 0 Å². The van der Waals surface area contributed by atoms with Crippen LogP contribution in [0.1, 0.15) is 13.3 Å². The highest BCUT2D eigenvalue weighted by Crippen LogP contribution is 2.19. The number of rotatable bonds is 4. The Kier molecular flexibility index (Phi) is 3.47. The van der Waals surface area contributed by atoms with E-state index >= 15 is 0 Å². The fraction of sp³-hybridized carbons (Fsp3) is 0.167. The summed E-state index contributed by atoms with van der Waals surface area (Å²) in [7, 11) is 0. The minimum absolute atomic E-state index is 0.0461. The SMILES string of the molecule is CC/C(=N\Nc1nncc2ccccc12)C(=O)O. The van der Waals surface area contributed by atoms with Crippen LogP contribution in [0.25, 0.3) is 10.8 Å². The van der Waals surface area contributed by atoms with Crippen molar-refractivity contribution in [1.29, 1.82) is 0 Å². The number of hydrogen-bond donors (Lipinski definition) is 2. The number of fused-ring (bicyclic) bond motifs is 1. The van der Waals surface area contributed by atoms with Crippen LogP contribution < -0.4 is 5.43 Å². The predicted octanol–water partition coefficient (Wildman–Crippen LogP) is 1.89. The summed E-state index contributed by atoms with van der Waals surface area (Å²) in [6, 6.07) is 7.54. The lowest BCUT2D eigenvalue weighted by molar-refractivity contribution is -0.129. The zero-order chi connectivity index (χ0) is 13.0. The van der Waals surface area contributed by atoms with Crippen LogP contribution in [0.3, 0.4) is 0 Å². The van der Waals surface area contributed by atoms with E-state index in [0.29, 0.717) is 12.2 Å². The Labute approximate surface area is 103 Å². The van der Waals surface area contributed by atoms with Gasteiger partial charge < -0.3 is 5.11 Å². The van der Waals surface area contributed by atoms with Crippen LogP contribution in [-0.4, -0.2) is 27.0 Å². The first-order valence-electron chi connectivity index (χ1n) is 5.48. The summed E-state index contributed by atoms with van der Waals surface area (Å²) < 4.78 is 0. The molecule has 6 nitrogen and oxygen atoms in total. The third-order valence-electron chi connectivity index (χ3n) is 2.45. The lowest BCUT2D eigenvalue weighted by Crippen LogP contribution is -2.13. The normalized spacial score (nSPS) is 11.5. The molecule has 1 aromatic heterocycles. The first-order chi connectivity index (χ1) is 8.72. The van der Waals surface area contributed by atoms with Gasteiger partial charge in [-0.2, -0.15) is 10.2 Å². The van der Waals surface area contributed by atoms with Crippen molar-refractivity contribution in [2.75, 3.05) is 5.43 Å². The molecule has 6 heteroatoms. The van der Waals surface area contributed by atoms with E-state index in [4.69, 9.17) is 5.11 Å². The molecule has 0 spiro atoms. The molecular formula is C12H12N4O2. The van der Waals surface area contributed by atoms with Gasteiger partial charge in [-0.3, -0.25) is 5.43 Å². The number of hydrazone groups is 1. The molecule has 18 heavy (non-hydrogen) atoms. The van der Waals surface area contributed by atoms with Crippen LogP contribution in [0.4, 0.5) is 5.82 Å². The fourth-order valence-corrected chi connectivity index (χ4v) is 1.51. The summed E-state index contributed by atoms with van der Waals surface area (Å²) in [6.45, 7) is 1.73. The highest BCUT2D eigenvalue weighted by Gasteiger charge is 2.07. The molecule has 1 aromatic carbocycles. The third-order valence-corrected chi connectivity index (χ3v) is 2.45. The van der Waals surface area contributed by atoms with Gasteiger partial charge in [-0.05, 0) is 6.42 Å². The summed E-state index contributed by atoms with van der Waals surface area (Å²) in [6.07, 6.45) is 1.97. The molecule has 0 amide bonds. The van der Waals surface area contributed by atoms with Crippen molar-refractivity contribution >= 4 is 28.3 Å². The number of carbonyl (C=O) groups is 1. The summed E-state index contributed by atoms with van der Waals surface area (Å²) >= 11 is 0. The molecule has 0 fully saturated rings. The molecule has 1 heterocycles. The van der Waals surface area contributed by atoms with Crippen molar-refractivity contribution in [1.82, 2.24) is 10.2 Å². The van der Waals surface area contributed by atoms with Gasteiger partial charge in [0.25, 0.3) is 0 Å². The minimum atomic E-state index is -1.04. The lowest BCUT2D eigenvalue weighted by Gasteiger charge is -2.04. The number of aliphatic carboxylic acids is 1. The number of carboxylic acids is 1. The van der Waals surface area contributed by atoms with Crippen molar-refractivity contribution in [3.63, 3.8) is 0 Å². The topological polar surface area (TPSA) is 87.5 Å². The molecular weight excluding hydrogens is 232 g/mol. The zero-order valence-corrected chi connectivity index (χ0v) is 9.79. The Hall–Kier alpha value is -2.50. The van der Waals surface area contributed by atoms with Crippen LogP contribution in [0.15, 0.2) is 35.6 Å². The zero-order valence-electron chi connectivity index (χ0n) is 9.79. The lowest BCUT2D eigenvalue weighted by atomic mass is 10.2. The quantitative estimate of drug-likeness (QED) is 0.633. The highest BCUT2D eigenvalue weighted by atomic mass is 16.4. The second-order valence-corrected chi connectivity index (χ2v) is 3.61. The fourth-order valence-electron chi connectivity index (χ4n) is 1.51. The maximum Gasteiger partial charge on any atom is 0.352 e. The Balaban J connectivity index is 2.35. The molecule has 0 unspecified atom stereocenters. The smallest absolute Gasteiger partial charge is 0.352 e. The van der Waals surface area contributed by atoms with Gasteiger partial charge in [-0.15, -0.1) is 5.10 Å². The van der Waals surface area contributed by atoms with Crippen LogP contribution in [0, 0.1) is 0 Å². The van der Waals surface area contributed by atoms with E-state index in [2.05, 4.69) is 20.7 Å². The Bertz CT molecular complexity index is 605.